The molecule has 2 aromatic rings. The number of aromatic amines is 2. The molecule has 1 aromatic carbocycles. The van der Waals surface area contributed by atoms with Gasteiger partial charge >= 0.3 is 0 Å². The minimum atomic E-state index is 0.532. The van der Waals surface area contributed by atoms with Gasteiger partial charge in [-0.25, -0.2) is 0 Å². The van der Waals surface area contributed by atoms with E-state index in [9.17, 15) is 0 Å². The lowest BCUT2D eigenvalue weighted by molar-refractivity contribution is 1.30. The molecule has 0 radical (unpaired) electrons. The molecule has 0 aliphatic rings. The first-order valence-corrected chi connectivity index (χ1v) is 4.73. The number of halogens is 1. The first-order chi connectivity index (χ1) is 6.22. The molecule has 1 aromatic heterocycles. The molecule has 2 N–H and O–H groups in total. The third-order valence-electron chi connectivity index (χ3n) is 1.75. The zero-order chi connectivity index (χ0) is 9.42. The Hall–Kier alpha value is -1.12. The van der Waals surface area contributed by atoms with E-state index in [1.54, 1.807) is 0 Å². The number of hydrogen-bond donors (Lipinski definition) is 2. The van der Waals surface area contributed by atoms with E-state index in [2.05, 4.69) is 32.0 Å². The standard InChI is InChI=1S/C8H4BrN3S/c9-5-1-2-6-7(4(5)3-10)12-8(13)11-6/h1-2H,(H2,11,12,13). The lowest BCUT2D eigenvalue weighted by atomic mass is 10.2. The SMILES string of the molecule is N#Cc1c(Br)ccc2[nH]c(=S)[nH]c12. The van der Waals surface area contributed by atoms with Crippen molar-refractivity contribution in [2.45, 2.75) is 0 Å². The Balaban J connectivity index is 3.01. The second-order valence-corrected chi connectivity index (χ2v) is 3.80. The number of nitrogens with one attached hydrogen (secondary N) is 2. The van der Waals surface area contributed by atoms with Crippen molar-refractivity contribution in [2.24, 2.45) is 0 Å². The largest absolute Gasteiger partial charge is 0.331 e. The fourth-order valence-electron chi connectivity index (χ4n) is 1.19. The van der Waals surface area contributed by atoms with Crippen LogP contribution in [0.1, 0.15) is 5.56 Å². The van der Waals surface area contributed by atoms with Crippen LogP contribution >= 0.6 is 28.1 Å². The van der Waals surface area contributed by atoms with Crippen molar-refractivity contribution >= 4 is 39.2 Å². The Morgan fingerprint density at radius 1 is 1.38 bits per heavy atom. The number of nitriles is 1. The highest BCUT2D eigenvalue weighted by molar-refractivity contribution is 9.10. The maximum Gasteiger partial charge on any atom is 0.175 e. The summed E-state index contributed by atoms with van der Waals surface area (Å²) in [4.78, 5) is 5.87. The van der Waals surface area contributed by atoms with Crippen molar-refractivity contribution in [2.75, 3.05) is 0 Å². The first kappa shape index (κ1) is 8.48. The topological polar surface area (TPSA) is 55.4 Å². The van der Waals surface area contributed by atoms with Crippen LogP contribution in [-0.2, 0) is 0 Å². The van der Waals surface area contributed by atoms with Crippen LogP contribution in [0.3, 0.4) is 0 Å². The van der Waals surface area contributed by atoms with Gasteiger partial charge < -0.3 is 9.97 Å². The van der Waals surface area contributed by atoms with Gasteiger partial charge in [-0.1, -0.05) is 0 Å². The highest BCUT2D eigenvalue weighted by atomic mass is 79.9. The number of nitrogens with zero attached hydrogens (tertiary/aromatic N) is 1. The van der Waals surface area contributed by atoms with Crippen molar-refractivity contribution in [3.05, 3.63) is 26.9 Å². The Kier molecular flexibility index (Phi) is 1.94. The van der Waals surface area contributed by atoms with Gasteiger partial charge in [-0.15, -0.1) is 0 Å². The van der Waals surface area contributed by atoms with E-state index >= 15 is 0 Å². The molecule has 0 atom stereocenters. The van der Waals surface area contributed by atoms with Gasteiger partial charge in [0, 0.05) is 4.47 Å². The van der Waals surface area contributed by atoms with Gasteiger partial charge in [-0.2, -0.15) is 5.26 Å². The second-order valence-electron chi connectivity index (χ2n) is 2.54. The van der Waals surface area contributed by atoms with E-state index < -0.39 is 0 Å². The molecule has 13 heavy (non-hydrogen) atoms. The van der Waals surface area contributed by atoms with E-state index in [1.807, 2.05) is 12.1 Å². The van der Waals surface area contributed by atoms with Crippen molar-refractivity contribution in [1.29, 1.82) is 5.26 Å². The van der Waals surface area contributed by atoms with Crippen LogP contribution in [0.5, 0.6) is 0 Å². The molecule has 0 spiro atoms. The zero-order valence-electron chi connectivity index (χ0n) is 6.39. The molecule has 0 unspecified atom stereocenters. The van der Waals surface area contributed by atoms with Crippen molar-refractivity contribution in [1.82, 2.24) is 9.97 Å². The molecule has 64 valence electrons. The van der Waals surface area contributed by atoms with Crippen LogP contribution in [0.25, 0.3) is 11.0 Å². The highest BCUT2D eigenvalue weighted by Gasteiger charge is 2.06. The molecule has 0 bridgehead atoms. The van der Waals surface area contributed by atoms with E-state index in [1.165, 1.54) is 0 Å². The smallest absolute Gasteiger partial charge is 0.175 e. The molecule has 0 aliphatic carbocycles. The summed E-state index contributed by atoms with van der Waals surface area (Å²) in [7, 11) is 0. The van der Waals surface area contributed by atoms with Crippen LogP contribution in [0, 0.1) is 16.1 Å². The minimum Gasteiger partial charge on any atom is -0.331 e. The Labute approximate surface area is 87.5 Å². The Morgan fingerprint density at radius 2 is 2.15 bits per heavy atom. The summed E-state index contributed by atoms with van der Waals surface area (Å²) < 4.78 is 1.30. The molecular weight excluding hydrogens is 250 g/mol. The van der Waals surface area contributed by atoms with Crippen molar-refractivity contribution in [3.8, 4) is 6.07 Å². The van der Waals surface area contributed by atoms with Gasteiger partial charge in [0.25, 0.3) is 0 Å². The van der Waals surface area contributed by atoms with Crippen molar-refractivity contribution < 1.29 is 0 Å². The summed E-state index contributed by atoms with van der Waals surface area (Å²) in [5.74, 6) is 0. The molecule has 0 aliphatic heterocycles. The molecule has 3 nitrogen and oxygen atoms in total. The lowest BCUT2D eigenvalue weighted by Gasteiger charge is -1.94. The summed E-state index contributed by atoms with van der Waals surface area (Å²) in [5, 5.41) is 8.88. The quantitative estimate of drug-likeness (QED) is 0.710. The maximum atomic E-state index is 8.88. The number of H-pyrrole nitrogens is 2. The van der Waals surface area contributed by atoms with Gasteiger partial charge in [0.1, 0.15) is 6.07 Å². The summed E-state index contributed by atoms with van der Waals surface area (Å²) in [6.45, 7) is 0. The number of hydrogen-bond acceptors (Lipinski definition) is 2. The van der Waals surface area contributed by atoms with Crippen molar-refractivity contribution in [3.63, 3.8) is 0 Å². The van der Waals surface area contributed by atoms with Gasteiger partial charge in [0.15, 0.2) is 4.77 Å². The highest BCUT2D eigenvalue weighted by Crippen LogP contribution is 2.23. The summed E-state index contributed by atoms with van der Waals surface area (Å²) >= 11 is 8.22. The van der Waals surface area contributed by atoms with Gasteiger partial charge in [0.05, 0.1) is 16.6 Å². The summed E-state index contributed by atoms with van der Waals surface area (Å²) in [6, 6.07) is 5.79. The van der Waals surface area contributed by atoms with E-state index in [0.29, 0.717) is 10.3 Å². The molecular formula is C8H4BrN3S. The first-order valence-electron chi connectivity index (χ1n) is 3.53. The zero-order valence-corrected chi connectivity index (χ0v) is 8.79. The summed E-state index contributed by atoms with van der Waals surface area (Å²) in [5.41, 5.74) is 2.18. The van der Waals surface area contributed by atoms with Gasteiger partial charge in [-0.05, 0) is 40.3 Å². The number of imidazole rings is 1. The third kappa shape index (κ3) is 1.28. The second kappa shape index (κ2) is 2.98. The Morgan fingerprint density at radius 3 is 2.85 bits per heavy atom. The van der Waals surface area contributed by atoms with Crippen LogP contribution < -0.4 is 0 Å². The molecule has 2 rings (SSSR count). The van der Waals surface area contributed by atoms with E-state index in [4.69, 9.17) is 17.5 Å². The van der Waals surface area contributed by atoms with Gasteiger partial charge in [0.2, 0.25) is 0 Å². The van der Waals surface area contributed by atoms with Crippen LogP contribution in [0.15, 0.2) is 16.6 Å². The normalized spacial score (nSPS) is 10.2. The number of fused-ring (bicyclic) bond motifs is 1. The predicted octanol–water partition coefficient (Wildman–Crippen LogP) is 2.86. The average molecular weight is 254 g/mol. The predicted molar refractivity (Wildman–Crippen MR) is 55.9 cm³/mol. The summed E-state index contributed by atoms with van der Waals surface area (Å²) in [6.07, 6.45) is 0. The average Bonchev–Trinajstić information content (AvgIpc) is 2.45. The lowest BCUT2D eigenvalue weighted by Crippen LogP contribution is -1.80. The number of rotatable bonds is 0. The van der Waals surface area contributed by atoms with E-state index in [0.717, 1.165) is 15.5 Å². The molecule has 5 heteroatoms. The number of benzene rings is 1. The van der Waals surface area contributed by atoms with E-state index in [-0.39, 0.29) is 0 Å². The van der Waals surface area contributed by atoms with Crippen LogP contribution in [0.4, 0.5) is 0 Å². The molecule has 0 fully saturated rings. The third-order valence-corrected chi connectivity index (χ3v) is 2.62. The van der Waals surface area contributed by atoms with Crippen LogP contribution in [0.2, 0.25) is 0 Å². The monoisotopic (exact) mass is 253 g/mol. The maximum absolute atomic E-state index is 8.88. The fraction of sp³-hybridized carbons (Fsp3) is 0. The molecule has 1 heterocycles. The van der Waals surface area contributed by atoms with Crippen LogP contribution in [-0.4, -0.2) is 9.97 Å². The molecule has 0 saturated heterocycles. The van der Waals surface area contributed by atoms with Gasteiger partial charge in [-0.3, -0.25) is 0 Å². The number of aromatic nitrogens is 2. The molecule has 0 saturated carbocycles. The molecule has 0 amide bonds. The fourth-order valence-corrected chi connectivity index (χ4v) is 1.82. The Bertz CT molecular complexity index is 561. The minimum absolute atomic E-state index is 0.532.